The van der Waals surface area contributed by atoms with Gasteiger partial charge in [-0.1, -0.05) is 60.1 Å². The van der Waals surface area contributed by atoms with Gasteiger partial charge in [-0.2, -0.15) is 0 Å². The molecule has 0 radical (unpaired) electrons. The molecule has 4 saturated carbocycles. The molecule has 1 nitrogen and oxygen atoms in total. The highest BCUT2D eigenvalue weighted by molar-refractivity contribution is 5.13. The minimum atomic E-state index is -0.0524. The fourth-order valence-corrected chi connectivity index (χ4v) is 9.82. The van der Waals surface area contributed by atoms with E-state index in [0.717, 1.165) is 41.9 Å². The van der Waals surface area contributed by atoms with Crippen LogP contribution in [0.15, 0.2) is 11.6 Å². The summed E-state index contributed by atoms with van der Waals surface area (Å²) in [5.74, 6) is 7.05. The second-order valence-electron chi connectivity index (χ2n) is 13.6. The highest BCUT2D eigenvalue weighted by Gasteiger charge is 2.61. The minimum Gasteiger partial charge on any atom is -0.393 e. The predicted octanol–water partition coefficient (Wildman–Crippen LogP) is 8.13. The molecule has 11 unspecified atom stereocenters. The topological polar surface area (TPSA) is 20.2 Å². The first-order chi connectivity index (χ1) is 14.5. The van der Waals surface area contributed by atoms with Crippen molar-refractivity contribution < 1.29 is 5.11 Å². The lowest BCUT2D eigenvalue weighted by Crippen LogP contribution is -2.56. The normalized spacial score (nSPS) is 49.9. The smallest absolute Gasteiger partial charge is 0.0568 e. The summed E-state index contributed by atoms with van der Waals surface area (Å²) in [6.07, 6.45) is 13.5. The quantitative estimate of drug-likeness (QED) is 0.448. The lowest BCUT2D eigenvalue weighted by Gasteiger charge is -2.62. The molecule has 0 saturated heterocycles. The number of hydrogen-bond donors (Lipinski definition) is 1. The molecule has 4 aliphatic rings. The predicted molar refractivity (Wildman–Crippen MR) is 133 cm³/mol. The van der Waals surface area contributed by atoms with Crippen LogP contribution in [0.4, 0.5) is 0 Å². The van der Waals surface area contributed by atoms with Gasteiger partial charge in [-0.15, -0.1) is 0 Å². The van der Waals surface area contributed by atoms with Gasteiger partial charge in [0.2, 0.25) is 0 Å². The molecule has 0 aromatic carbocycles. The lowest BCUT2D eigenvalue weighted by atomic mass is 9.43. The zero-order valence-corrected chi connectivity index (χ0v) is 22.0. The molecule has 0 aliphatic heterocycles. The Balaban J connectivity index is 1.53. The largest absolute Gasteiger partial charge is 0.393 e. The van der Waals surface area contributed by atoms with E-state index in [4.69, 9.17) is 0 Å². The number of hydrogen-bond acceptors (Lipinski definition) is 1. The van der Waals surface area contributed by atoms with Gasteiger partial charge >= 0.3 is 0 Å². The summed E-state index contributed by atoms with van der Waals surface area (Å²) in [5.41, 5.74) is 2.64. The first-order valence-corrected chi connectivity index (χ1v) is 13.9. The third-order valence-corrected chi connectivity index (χ3v) is 12.1. The van der Waals surface area contributed by atoms with Crippen molar-refractivity contribution in [3.05, 3.63) is 11.6 Å². The van der Waals surface area contributed by atoms with Crippen molar-refractivity contribution in [2.45, 2.75) is 113 Å². The monoisotopic (exact) mass is 428 g/mol. The second kappa shape index (κ2) is 8.48. The Morgan fingerprint density at radius 3 is 2.13 bits per heavy atom. The van der Waals surface area contributed by atoms with E-state index in [1.54, 1.807) is 5.57 Å². The molecular weight excluding hydrogens is 376 g/mol. The Bertz CT molecular complexity index is 678. The second-order valence-corrected chi connectivity index (χ2v) is 13.6. The molecule has 0 heterocycles. The van der Waals surface area contributed by atoms with Crippen molar-refractivity contribution in [1.82, 2.24) is 0 Å². The maximum atomic E-state index is 10.6. The Labute approximate surface area is 193 Å². The first-order valence-electron chi connectivity index (χ1n) is 13.9. The van der Waals surface area contributed by atoms with Crippen LogP contribution in [0.3, 0.4) is 0 Å². The van der Waals surface area contributed by atoms with Crippen molar-refractivity contribution in [1.29, 1.82) is 0 Å². The average molecular weight is 429 g/mol. The molecule has 0 bridgehead atoms. The highest BCUT2D eigenvalue weighted by atomic mass is 16.3. The Morgan fingerprint density at radius 1 is 0.839 bits per heavy atom. The van der Waals surface area contributed by atoms with Gasteiger partial charge in [-0.05, 0) is 122 Å². The van der Waals surface area contributed by atoms with Crippen LogP contribution in [0.1, 0.15) is 107 Å². The molecule has 11 atom stereocenters. The van der Waals surface area contributed by atoms with Crippen LogP contribution in [0.2, 0.25) is 0 Å². The summed E-state index contributed by atoms with van der Waals surface area (Å²) in [6, 6.07) is 0. The Kier molecular flexibility index (Phi) is 6.53. The summed E-state index contributed by atoms with van der Waals surface area (Å²) in [4.78, 5) is 0. The molecule has 0 aromatic rings. The molecule has 1 heteroatoms. The van der Waals surface area contributed by atoms with Gasteiger partial charge in [0.15, 0.2) is 0 Å². The van der Waals surface area contributed by atoms with E-state index in [0.29, 0.717) is 28.6 Å². The number of fused-ring (bicyclic) bond motifs is 5. The number of aliphatic hydroxyl groups excluding tert-OH is 1. The van der Waals surface area contributed by atoms with Gasteiger partial charge in [-0.25, -0.2) is 0 Å². The van der Waals surface area contributed by atoms with E-state index in [2.05, 4.69) is 61.5 Å². The zero-order chi connectivity index (χ0) is 22.7. The van der Waals surface area contributed by atoms with Gasteiger partial charge in [-0.3, -0.25) is 0 Å². The van der Waals surface area contributed by atoms with Crippen LogP contribution in [0.5, 0.6) is 0 Å². The van der Waals surface area contributed by atoms with Gasteiger partial charge in [0.05, 0.1) is 6.10 Å². The van der Waals surface area contributed by atoms with Crippen LogP contribution in [0, 0.1) is 64.1 Å². The van der Waals surface area contributed by atoms with Crippen LogP contribution in [0.25, 0.3) is 0 Å². The van der Waals surface area contributed by atoms with Crippen molar-refractivity contribution in [2.75, 3.05) is 0 Å². The van der Waals surface area contributed by atoms with E-state index in [9.17, 15) is 5.11 Å². The van der Waals surface area contributed by atoms with Gasteiger partial charge < -0.3 is 5.11 Å². The molecule has 0 spiro atoms. The van der Waals surface area contributed by atoms with E-state index < -0.39 is 0 Å². The third kappa shape index (κ3) is 3.77. The van der Waals surface area contributed by atoms with E-state index in [1.165, 1.54) is 44.9 Å². The summed E-state index contributed by atoms with van der Waals surface area (Å²) in [6.45, 7) is 19.7. The molecule has 4 rings (SSSR count). The average Bonchev–Trinajstić information content (AvgIpc) is 3.07. The molecule has 0 aromatic heterocycles. The van der Waals surface area contributed by atoms with Crippen molar-refractivity contribution in [3.8, 4) is 0 Å². The van der Waals surface area contributed by atoms with Gasteiger partial charge in [0, 0.05) is 0 Å². The SMILES string of the molecule is C/C(=C\C(C)C1CCC2C3CCC4C(C)C(O)CCC4(C)C3CCC12C)C(C)C(C)C. The third-order valence-electron chi connectivity index (χ3n) is 12.1. The molecule has 178 valence electrons. The molecular formula is C30H52O. The summed E-state index contributed by atoms with van der Waals surface area (Å²) >= 11 is 0. The maximum Gasteiger partial charge on any atom is 0.0568 e. The van der Waals surface area contributed by atoms with Crippen molar-refractivity contribution in [3.63, 3.8) is 0 Å². The van der Waals surface area contributed by atoms with E-state index in [1.807, 2.05) is 0 Å². The highest BCUT2D eigenvalue weighted by Crippen LogP contribution is 2.68. The molecule has 4 fully saturated rings. The number of aliphatic hydroxyl groups is 1. The fourth-order valence-electron chi connectivity index (χ4n) is 9.82. The van der Waals surface area contributed by atoms with Gasteiger partial charge in [0.1, 0.15) is 0 Å². The van der Waals surface area contributed by atoms with E-state index >= 15 is 0 Å². The summed E-state index contributed by atoms with van der Waals surface area (Å²) in [7, 11) is 0. The van der Waals surface area contributed by atoms with E-state index in [-0.39, 0.29) is 6.10 Å². The number of allylic oxidation sites excluding steroid dienone is 2. The minimum absolute atomic E-state index is 0.0524. The van der Waals surface area contributed by atoms with Crippen LogP contribution >= 0.6 is 0 Å². The molecule has 31 heavy (non-hydrogen) atoms. The van der Waals surface area contributed by atoms with Crippen LogP contribution < -0.4 is 0 Å². The maximum absolute atomic E-state index is 10.6. The molecule has 1 N–H and O–H groups in total. The Hall–Kier alpha value is -0.300. The summed E-state index contributed by atoms with van der Waals surface area (Å²) < 4.78 is 0. The van der Waals surface area contributed by atoms with Crippen molar-refractivity contribution >= 4 is 0 Å². The zero-order valence-electron chi connectivity index (χ0n) is 22.0. The summed E-state index contributed by atoms with van der Waals surface area (Å²) in [5, 5.41) is 10.6. The lowest BCUT2D eigenvalue weighted by molar-refractivity contribution is -0.148. The van der Waals surface area contributed by atoms with Gasteiger partial charge in [0.25, 0.3) is 0 Å². The first kappa shape index (κ1) is 23.8. The standard InChI is InChI=1S/C30H52O/c1-18(2)21(5)19(3)17-20(4)24-11-12-26-23-9-10-25-22(6)28(31)14-16-30(25,8)27(23)13-15-29(24,26)7/h17-18,20-28,31H,9-16H2,1-8H3/b19-17+. The fraction of sp³-hybridized carbons (Fsp3) is 0.933. The molecule has 0 amide bonds. The number of rotatable bonds is 4. The van der Waals surface area contributed by atoms with Crippen molar-refractivity contribution in [2.24, 2.45) is 64.1 Å². The van der Waals surface area contributed by atoms with Crippen LogP contribution in [-0.2, 0) is 0 Å². The Morgan fingerprint density at radius 2 is 1.45 bits per heavy atom. The molecule has 4 aliphatic carbocycles. The van der Waals surface area contributed by atoms with Crippen LogP contribution in [-0.4, -0.2) is 11.2 Å².